The summed E-state index contributed by atoms with van der Waals surface area (Å²) in [5, 5.41) is 3.50. The number of aromatic nitrogens is 1. The highest BCUT2D eigenvalue weighted by Crippen LogP contribution is 2.23. The van der Waals surface area contributed by atoms with Crippen LogP contribution in [0.1, 0.15) is 56.9 Å². The van der Waals surface area contributed by atoms with E-state index in [0.29, 0.717) is 18.0 Å². The van der Waals surface area contributed by atoms with Crippen molar-refractivity contribution in [3.05, 3.63) is 23.9 Å². The largest absolute Gasteiger partial charge is 0.474 e. The summed E-state index contributed by atoms with van der Waals surface area (Å²) < 4.78 is 42.9. The zero-order valence-electron chi connectivity index (χ0n) is 15.8. The number of hydrogen-bond donors (Lipinski definition) is 1. The molecule has 152 valence electrons. The van der Waals surface area contributed by atoms with Crippen molar-refractivity contribution < 1.29 is 17.9 Å². The summed E-state index contributed by atoms with van der Waals surface area (Å²) in [5.41, 5.74) is 1.10. The molecule has 2 aliphatic rings. The lowest BCUT2D eigenvalue weighted by Crippen LogP contribution is -2.43. The van der Waals surface area contributed by atoms with E-state index in [4.69, 9.17) is 4.74 Å². The summed E-state index contributed by atoms with van der Waals surface area (Å²) in [6, 6.07) is 4.33. The molecule has 0 unspecified atom stereocenters. The Bertz CT molecular complexity index is 551. The van der Waals surface area contributed by atoms with E-state index in [0.717, 1.165) is 50.9 Å². The van der Waals surface area contributed by atoms with Crippen LogP contribution in [-0.4, -0.2) is 47.8 Å². The molecule has 7 heteroatoms. The highest BCUT2D eigenvalue weighted by atomic mass is 19.4. The van der Waals surface area contributed by atoms with E-state index >= 15 is 0 Å². The first-order valence-corrected chi connectivity index (χ1v) is 10.1. The van der Waals surface area contributed by atoms with Crippen LogP contribution in [-0.2, 0) is 6.54 Å². The summed E-state index contributed by atoms with van der Waals surface area (Å²) in [4.78, 5) is 6.33. The monoisotopic (exact) mass is 385 g/mol. The average molecular weight is 385 g/mol. The molecular weight excluding hydrogens is 355 g/mol. The van der Waals surface area contributed by atoms with Gasteiger partial charge in [-0.3, -0.25) is 0 Å². The third kappa shape index (κ3) is 7.30. The first kappa shape index (κ1) is 20.4. The Balaban J connectivity index is 1.34. The molecule has 1 aromatic rings. The molecule has 0 aromatic carbocycles. The highest BCUT2D eigenvalue weighted by Gasteiger charge is 2.29. The van der Waals surface area contributed by atoms with Gasteiger partial charge in [-0.05, 0) is 57.2 Å². The average Bonchev–Trinajstić information content (AvgIpc) is 2.67. The molecule has 1 aliphatic carbocycles. The van der Waals surface area contributed by atoms with Crippen LogP contribution in [0.2, 0.25) is 0 Å². The van der Waals surface area contributed by atoms with Gasteiger partial charge < -0.3 is 15.0 Å². The lowest BCUT2D eigenvalue weighted by atomic mass is 9.98. The molecule has 2 heterocycles. The van der Waals surface area contributed by atoms with Crippen molar-refractivity contribution in [2.75, 3.05) is 19.6 Å². The number of nitrogens with one attached hydrogen (secondary N) is 1. The maximum atomic E-state index is 12.3. The van der Waals surface area contributed by atoms with Gasteiger partial charge in [-0.1, -0.05) is 12.5 Å². The lowest BCUT2D eigenvalue weighted by Gasteiger charge is -2.32. The first-order valence-electron chi connectivity index (χ1n) is 10.1. The van der Waals surface area contributed by atoms with Crippen molar-refractivity contribution in [3.8, 4) is 5.88 Å². The number of piperidine rings is 1. The SMILES string of the molecule is FC(F)(F)CCN1CCC(NCc2ccc(OC3CCCCC3)nc2)CC1. The van der Waals surface area contributed by atoms with Crippen LogP contribution < -0.4 is 10.1 Å². The quantitative estimate of drug-likeness (QED) is 0.759. The van der Waals surface area contributed by atoms with Crippen molar-refractivity contribution in [2.45, 2.75) is 76.2 Å². The molecule has 4 nitrogen and oxygen atoms in total. The fourth-order valence-corrected chi connectivity index (χ4v) is 3.85. The van der Waals surface area contributed by atoms with Gasteiger partial charge in [0.05, 0.1) is 6.42 Å². The van der Waals surface area contributed by atoms with Gasteiger partial charge in [0, 0.05) is 31.4 Å². The Morgan fingerprint density at radius 3 is 2.44 bits per heavy atom. The molecule has 1 saturated carbocycles. The Labute approximate surface area is 159 Å². The maximum Gasteiger partial charge on any atom is 0.390 e. The smallest absolute Gasteiger partial charge is 0.390 e. The number of alkyl halides is 3. The summed E-state index contributed by atoms with van der Waals surface area (Å²) in [5.74, 6) is 0.698. The maximum absolute atomic E-state index is 12.3. The molecular formula is C20H30F3N3O. The van der Waals surface area contributed by atoms with E-state index < -0.39 is 12.6 Å². The first-order chi connectivity index (χ1) is 13.0. The Morgan fingerprint density at radius 1 is 1.07 bits per heavy atom. The number of nitrogens with zero attached hydrogens (tertiary/aromatic N) is 2. The van der Waals surface area contributed by atoms with E-state index in [1.54, 1.807) is 0 Å². The Morgan fingerprint density at radius 2 is 1.81 bits per heavy atom. The van der Waals surface area contributed by atoms with Crippen molar-refractivity contribution in [1.82, 2.24) is 15.2 Å². The number of likely N-dealkylation sites (tertiary alicyclic amines) is 1. The molecule has 2 fully saturated rings. The molecule has 0 atom stereocenters. The van der Waals surface area contributed by atoms with Crippen LogP contribution in [0.5, 0.6) is 5.88 Å². The van der Waals surface area contributed by atoms with Gasteiger partial charge in [-0.2, -0.15) is 13.2 Å². The summed E-state index contributed by atoms with van der Waals surface area (Å²) in [6.45, 7) is 2.28. The second kappa shape index (κ2) is 9.73. The minimum Gasteiger partial charge on any atom is -0.474 e. The number of halogens is 3. The van der Waals surface area contributed by atoms with Gasteiger partial charge in [0.1, 0.15) is 6.10 Å². The second-order valence-electron chi connectivity index (χ2n) is 7.74. The molecule has 1 aromatic heterocycles. The molecule has 1 N–H and O–H groups in total. The number of hydrogen-bond acceptors (Lipinski definition) is 4. The second-order valence-corrected chi connectivity index (χ2v) is 7.74. The predicted molar refractivity (Wildman–Crippen MR) is 98.7 cm³/mol. The van der Waals surface area contributed by atoms with Crippen molar-refractivity contribution in [3.63, 3.8) is 0 Å². The van der Waals surface area contributed by atoms with E-state index in [1.807, 2.05) is 23.2 Å². The van der Waals surface area contributed by atoms with Gasteiger partial charge in [0.2, 0.25) is 5.88 Å². The standard InChI is InChI=1S/C20H30F3N3O/c21-20(22,23)10-13-26-11-8-17(9-12-26)24-14-16-6-7-19(25-15-16)27-18-4-2-1-3-5-18/h6-7,15,17-18,24H,1-5,8-14H2. The van der Waals surface area contributed by atoms with E-state index in [1.165, 1.54) is 19.3 Å². The van der Waals surface area contributed by atoms with Crippen molar-refractivity contribution in [1.29, 1.82) is 0 Å². The summed E-state index contributed by atoms with van der Waals surface area (Å²) >= 11 is 0. The van der Waals surface area contributed by atoms with Gasteiger partial charge >= 0.3 is 6.18 Å². The molecule has 1 aliphatic heterocycles. The highest BCUT2D eigenvalue weighted by molar-refractivity contribution is 5.18. The number of ether oxygens (including phenoxy) is 1. The predicted octanol–water partition coefficient (Wildman–Crippen LogP) is 4.30. The third-order valence-electron chi connectivity index (χ3n) is 5.53. The molecule has 0 bridgehead atoms. The topological polar surface area (TPSA) is 37.4 Å². The lowest BCUT2D eigenvalue weighted by molar-refractivity contribution is -0.138. The molecule has 1 saturated heterocycles. The third-order valence-corrected chi connectivity index (χ3v) is 5.53. The zero-order valence-corrected chi connectivity index (χ0v) is 15.8. The molecule has 0 spiro atoms. The van der Waals surface area contributed by atoms with Gasteiger partial charge in [-0.25, -0.2) is 4.98 Å². The minimum absolute atomic E-state index is 0.114. The molecule has 3 rings (SSSR count). The summed E-state index contributed by atoms with van der Waals surface area (Å²) in [7, 11) is 0. The Hall–Kier alpha value is -1.34. The van der Waals surface area contributed by atoms with Gasteiger partial charge in [0.15, 0.2) is 0 Å². The number of pyridine rings is 1. The molecule has 27 heavy (non-hydrogen) atoms. The van der Waals surface area contributed by atoms with Crippen molar-refractivity contribution in [2.24, 2.45) is 0 Å². The fourth-order valence-electron chi connectivity index (χ4n) is 3.85. The van der Waals surface area contributed by atoms with Crippen LogP contribution in [0, 0.1) is 0 Å². The van der Waals surface area contributed by atoms with Crippen LogP contribution >= 0.6 is 0 Å². The van der Waals surface area contributed by atoms with Crippen LogP contribution in [0.3, 0.4) is 0 Å². The van der Waals surface area contributed by atoms with Crippen LogP contribution in [0.25, 0.3) is 0 Å². The van der Waals surface area contributed by atoms with Crippen LogP contribution in [0.4, 0.5) is 13.2 Å². The number of rotatable bonds is 7. The Kier molecular flexibility index (Phi) is 7.35. The molecule has 0 amide bonds. The van der Waals surface area contributed by atoms with Gasteiger partial charge in [-0.15, -0.1) is 0 Å². The van der Waals surface area contributed by atoms with E-state index in [2.05, 4.69) is 10.3 Å². The minimum atomic E-state index is -4.06. The van der Waals surface area contributed by atoms with E-state index in [-0.39, 0.29) is 6.54 Å². The fraction of sp³-hybridized carbons (Fsp3) is 0.750. The molecule has 0 radical (unpaired) electrons. The van der Waals surface area contributed by atoms with E-state index in [9.17, 15) is 13.2 Å². The van der Waals surface area contributed by atoms with Crippen molar-refractivity contribution >= 4 is 0 Å². The van der Waals surface area contributed by atoms with Gasteiger partial charge in [0.25, 0.3) is 0 Å². The summed E-state index contributed by atoms with van der Waals surface area (Å²) in [6.07, 6.45) is 5.16. The normalized spacial score (nSPS) is 20.7. The van der Waals surface area contributed by atoms with Crippen LogP contribution in [0.15, 0.2) is 18.3 Å². The zero-order chi connectivity index (χ0) is 19.1.